The van der Waals surface area contributed by atoms with Crippen molar-refractivity contribution in [2.24, 2.45) is 0 Å². The van der Waals surface area contributed by atoms with Gasteiger partial charge < -0.3 is 20.4 Å². The molecule has 0 aliphatic carbocycles. The molecule has 0 heterocycles. The van der Waals surface area contributed by atoms with Crippen LogP contribution in [0.15, 0.2) is 36.4 Å². The van der Waals surface area contributed by atoms with Crippen molar-refractivity contribution < 1.29 is 30.0 Å². The summed E-state index contributed by atoms with van der Waals surface area (Å²) in [6.07, 6.45) is 0. The molecular formula is C14H11NO6. The van der Waals surface area contributed by atoms with E-state index in [-0.39, 0.29) is 0 Å². The SMILES string of the molecule is O=C(NC(=O)c1c(O)cccc1O)c1c(O)cccc1O. The summed E-state index contributed by atoms with van der Waals surface area (Å²) in [6.45, 7) is 0. The highest BCUT2D eigenvalue weighted by atomic mass is 16.3. The topological polar surface area (TPSA) is 127 Å². The predicted molar refractivity (Wildman–Crippen MR) is 71.3 cm³/mol. The molecule has 108 valence electrons. The molecule has 0 aliphatic heterocycles. The number of carbonyl (C=O) groups is 2. The minimum atomic E-state index is -1.07. The highest BCUT2D eigenvalue weighted by Gasteiger charge is 2.22. The number of imide groups is 1. The second kappa shape index (κ2) is 5.41. The third-order valence-electron chi connectivity index (χ3n) is 2.72. The lowest BCUT2D eigenvalue weighted by Gasteiger charge is -2.09. The molecule has 0 aromatic heterocycles. The summed E-state index contributed by atoms with van der Waals surface area (Å²) in [6, 6.07) is 7.29. The van der Waals surface area contributed by atoms with E-state index in [1.54, 1.807) is 0 Å². The van der Waals surface area contributed by atoms with Crippen molar-refractivity contribution >= 4 is 11.8 Å². The molecule has 0 radical (unpaired) electrons. The van der Waals surface area contributed by atoms with Gasteiger partial charge in [-0.2, -0.15) is 0 Å². The Hall–Kier alpha value is -3.22. The molecule has 21 heavy (non-hydrogen) atoms. The number of rotatable bonds is 2. The van der Waals surface area contributed by atoms with E-state index in [0.717, 1.165) is 24.3 Å². The van der Waals surface area contributed by atoms with Crippen LogP contribution in [0.4, 0.5) is 0 Å². The van der Waals surface area contributed by atoms with Crippen LogP contribution < -0.4 is 5.32 Å². The maximum Gasteiger partial charge on any atom is 0.265 e. The number of hydrogen-bond donors (Lipinski definition) is 5. The fraction of sp³-hybridized carbons (Fsp3) is 0. The number of phenols is 4. The Labute approximate surface area is 118 Å². The third-order valence-corrected chi connectivity index (χ3v) is 2.72. The fourth-order valence-electron chi connectivity index (χ4n) is 1.75. The highest BCUT2D eigenvalue weighted by Crippen LogP contribution is 2.28. The smallest absolute Gasteiger partial charge is 0.265 e. The quantitative estimate of drug-likeness (QED) is 0.526. The summed E-state index contributed by atoms with van der Waals surface area (Å²) in [5.41, 5.74) is -0.971. The Bertz CT molecular complexity index is 623. The van der Waals surface area contributed by atoms with E-state index in [1.807, 2.05) is 5.32 Å². The van der Waals surface area contributed by atoms with Crippen molar-refractivity contribution in [3.8, 4) is 23.0 Å². The first-order chi connectivity index (χ1) is 9.91. The first-order valence-electron chi connectivity index (χ1n) is 5.79. The van der Waals surface area contributed by atoms with E-state index in [4.69, 9.17) is 0 Å². The molecule has 0 unspecified atom stereocenters. The summed E-state index contributed by atoms with van der Waals surface area (Å²) in [7, 11) is 0. The van der Waals surface area contributed by atoms with Crippen LogP contribution in [0.5, 0.6) is 23.0 Å². The Balaban J connectivity index is 2.30. The molecule has 0 saturated carbocycles. The lowest BCUT2D eigenvalue weighted by atomic mass is 10.1. The van der Waals surface area contributed by atoms with E-state index in [0.29, 0.717) is 0 Å². The number of carbonyl (C=O) groups excluding carboxylic acids is 2. The van der Waals surface area contributed by atoms with Gasteiger partial charge in [0.05, 0.1) is 0 Å². The molecule has 0 aliphatic rings. The second-order valence-electron chi connectivity index (χ2n) is 4.13. The largest absolute Gasteiger partial charge is 0.507 e. The Morgan fingerprint density at radius 1 is 0.667 bits per heavy atom. The van der Waals surface area contributed by atoms with Crippen LogP contribution in [0, 0.1) is 0 Å². The fourth-order valence-corrected chi connectivity index (χ4v) is 1.75. The van der Waals surface area contributed by atoms with Gasteiger partial charge >= 0.3 is 0 Å². The Morgan fingerprint density at radius 3 is 1.24 bits per heavy atom. The van der Waals surface area contributed by atoms with Crippen LogP contribution in [0.3, 0.4) is 0 Å². The van der Waals surface area contributed by atoms with Gasteiger partial charge in [-0.3, -0.25) is 14.9 Å². The molecule has 0 fully saturated rings. The summed E-state index contributed by atoms with van der Waals surface area (Å²) < 4.78 is 0. The number of nitrogens with one attached hydrogen (secondary N) is 1. The van der Waals surface area contributed by atoms with E-state index >= 15 is 0 Å². The molecular weight excluding hydrogens is 278 g/mol. The molecule has 2 rings (SSSR count). The average molecular weight is 289 g/mol. The number of amides is 2. The van der Waals surface area contributed by atoms with Crippen molar-refractivity contribution in [2.75, 3.05) is 0 Å². The van der Waals surface area contributed by atoms with Crippen molar-refractivity contribution in [1.29, 1.82) is 0 Å². The van der Waals surface area contributed by atoms with Crippen molar-refractivity contribution in [2.45, 2.75) is 0 Å². The van der Waals surface area contributed by atoms with Crippen LogP contribution in [0.1, 0.15) is 20.7 Å². The van der Waals surface area contributed by atoms with E-state index in [9.17, 15) is 30.0 Å². The van der Waals surface area contributed by atoms with Crippen LogP contribution in [-0.2, 0) is 0 Å². The maximum atomic E-state index is 11.9. The van der Waals surface area contributed by atoms with E-state index < -0.39 is 45.9 Å². The van der Waals surface area contributed by atoms with Crippen LogP contribution >= 0.6 is 0 Å². The monoisotopic (exact) mass is 289 g/mol. The number of hydrogen-bond acceptors (Lipinski definition) is 6. The average Bonchev–Trinajstić information content (AvgIpc) is 2.38. The summed E-state index contributed by atoms with van der Waals surface area (Å²) >= 11 is 0. The zero-order chi connectivity index (χ0) is 15.6. The summed E-state index contributed by atoms with van der Waals surface area (Å²) in [4.78, 5) is 23.8. The van der Waals surface area contributed by atoms with Gasteiger partial charge in [-0.05, 0) is 24.3 Å². The molecule has 2 aromatic rings. The van der Waals surface area contributed by atoms with E-state index in [2.05, 4.69) is 0 Å². The second-order valence-corrected chi connectivity index (χ2v) is 4.13. The maximum absolute atomic E-state index is 11.9. The van der Waals surface area contributed by atoms with Gasteiger partial charge in [-0.25, -0.2) is 0 Å². The number of benzene rings is 2. The van der Waals surface area contributed by atoms with Crippen LogP contribution in [-0.4, -0.2) is 32.2 Å². The Kier molecular flexibility index (Phi) is 3.66. The highest BCUT2D eigenvalue weighted by molar-refractivity contribution is 6.14. The van der Waals surface area contributed by atoms with Crippen molar-refractivity contribution in [1.82, 2.24) is 5.32 Å². The summed E-state index contributed by atoms with van der Waals surface area (Å²) in [5, 5.41) is 40.0. The molecule has 0 saturated heterocycles. The lowest BCUT2D eigenvalue weighted by molar-refractivity contribution is 0.0844. The molecule has 2 amide bonds. The standard InChI is InChI=1S/C14H11NO6/c16-7-3-1-4-8(17)11(7)13(20)15-14(21)12-9(18)5-2-6-10(12)19/h1-6,16-19H,(H,15,20,21). The van der Waals surface area contributed by atoms with Gasteiger partial charge in [0.25, 0.3) is 11.8 Å². The molecule has 7 heteroatoms. The van der Waals surface area contributed by atoms with Gasteiger partial charge in [0, 0.05) is 0 Å². The van der Waals surface area contributed by atoms with Gasteiger partial charge in [0.15, 0.2) is 0 Å². The van der Waals surface area contributed by atoms with Crippen molar-refractivity contribution in [3.63, 3.8) is 0 Å². The van der Waals surface area contributed by atoms with Crippen molar-refractivity contribution in [3.05, 3.63) is 47.5 Å². The molecule has 7 nitrogen and oxygen atoms in total. The first kappa shape index (κ1) is 14.2. The minimum Gasteiger partial charge on any atom is -0.507 e. The lowest BCUT2D eigenvalue weighted by Crippen LogP contribution is -2.30. The molecule has 5 N–H and O–H groups in total. The zero-order valence-electron chi connectivity index (χ0n) is 10.6. The van der Waals surface area contributed by atoms with Crippen LogP contribution in [0.25, 0.3) is 0 Å². The van der Waals surface area contributed by atoms with Crippen LogP contribution in [0.2, 0.25) is 0 Å². The molecule has 0 bridgehead atoms. The van der Waals surface area contributed by atoms with Gasteiger partial charge in [-0.1, -0.05) is 12.1 Å². The molecule has 2 aromatic carbocycles. The van der Waals surface area contributed by atoms with E-state index in [1.165, 1.54) is 12.1 Å². The van der Waals surface area contributed by atoms with Gasteiger partial charge in [-0.15, -0.1) is 0 Å². The Morgan fingerprint density at radius 2 is 0.952 bits per heavy atom. The molecule has 0 spiro atoms. The predicted octanol–water partition coefficient (Wildman–Crippen LogP) is 1.08. The number of aromatic hydroxyl groups is 4. The summed E-state index contributed by atoms with van der Waals surface area (Å²) in [5.74, 6) is -4.19. The normalized spacial score (nSPS) is 10.1. The third kappa shape index (κ3) is 2.71. The minimum absolute atomic E-state index is 0.485. The van der Waals surface area contributed by atoms with Gasteiger partial charge in [0.2, 0.25) is 0 Å². The molecule has 0 atom stereocenters. The number of phenolic OH excluding ortho intramolecular Hbond substituents is 4. The van der Waals surface area contributed by atoms with Gasteiger partial charge in [0.1, 0.15) is 34.1 Å². The zero-order valence-corrected chi connectivity index (χ0v) is 10.6. The first-order valence-corrected chi connectivity index (χ1v) is 5.79.